The minimum atomic E-state index is -0.685. The maximum absolute atomic E-state index is 14.5. The van der Waals surface area contributed by atoms with Gasteiger partial charge in [0.15, 0.2) is 0 Å². The zero-order valence-electron chi connectivity index (χ0n) is 21.7. The molecule has 1 aromatic heterocycles. The number of furan rings is 1. The SMILES string of the molecule is COc1ccc(F)c(CN2CC(C)N(C(=O)C(C)C)C(C(=O)NCc3ccc(-c4ccco4)cc3)C2)c1. The van der Waals surface area contributed by atoms with Crippen LogP contribution < -0.4 is 10.1 Å². The molecule has 4 rings (SSSR count). The van der Waals surface area contributed by atoms with E-state index in [-0.39, 0.29) is 29.6 Å². The van der Waals surface area contributed by atoms with E-state index in [1.165, 1.54) is 6.07 Å². The molecule has 0 bridgehead atoms. The van der Waals surface area contributed by atoms with Gasteiger partial charge in [-0.15, -0.1) is 0 Å². The molecule has 2 aromatic carbocycles. The Balaban J connectivity index is 1.48. The summed E-state index contributed by atoms with van der Waals surface area (Å²) in [4.78, 5) is 30.2. The fraction of sp³-hybridized carbons (Fsp3) is 0.379. The van der Waals surface area contributed by atoms with Gasteiger partial charge in [-0.1, -0.05) is 38.1 Å². The molecule has 0 saturated carbocycles. The molecule has 2 unspecified atom stereocenters. The maximum atomic E-state index is 14.5. The number of hydrogen-bond acceptors (Lipinski definition) is 5. The first-order valence-electron chi connectivity index (χ1n) is 12.5. The normalized spacial score (nSPS) is 18.2. The minimum absolute atomic E-state index is 0.0670. The minimum Gasteiger partial charge on any atom is -0.497 e. The van der Waals surface area contributed by atoms with Crippen molar-refractivity contribution in [3.63, 3.8) is 0 Å². The number of nitrogens with zero attached hydrogens (tertiary/aromatic N) is 2. The fourth-order valence-corrected chi connectivity index (χ4v) is 4.76. The lowest BCUT2D eigenvalue weighted by Crippen LogP contribution is -2.64. The van der Waals surface area contributed by atoms with Gasteiger partial charge in [-0.25, -0.2) is 4.39 Å². The molecule has 8 heteroatoms. The Kier molecular flexibility index (Phi) is 8.28. The van der Waals surface area contributed by atoms with Gasteiger partial charge in [-0.3, -0.25) is 14.5 Å². The number of rotatable bonds is 8. The van der Waals surface area contributed by atoms with Crippen LogP contribution in [0, 0.1) is 11.7 Å². The van der Waals surface area contributed by atoms with E-state index in [1.54, 1.807) is 30.4 Å². The largest absolute Gasteiger partial charge is 0.497 e. The van der Waals surface area contributed by atoms with Crippen LogP contribution in [0.2, 0.25) is 0 Å². The lowest BCUT2D eigenvalue weighted by atomic mass is 10.0. The van der Waals surface area contributed by atoms with E-state index in [0.717, 1.165) is 16.9 Å². The number of carbonyl (C=O) groups excluding carboxylic acids is 2. The van der Waals surface area contributed by atoms with E-state index < -0.39 is 6.04 Å². The van der Waals surface area contributed by atoms with Crippen LogP contribution in [0.1, 0.15) is 31.9 Å². The molecule has 0 aliphatic carbocycles. The van der Waals surface area contributed by atoms with E-state index in [9.17, 15) is 14.0 Å². The van der Waals surface area contributed by atoms with E-state index >= 15 is 0 Å². The van der Waals surface area contributed by atoms with Crippen molar-refractivity contribution in [3.8, 4) is 17.1 Å². The number of hydrogen-bond donors (Lipinski definition) is 1. The van der Waals surface area contributed by atoms with Gasteiger partial charge in [0.25, 0.3) is 0 Å². The highest BCUT2D eigenvalue weighted by molar-refractivity contribution is 5.89. The van der Waals surface area contributed by atoms with Gasteiger partial charge in [-0.2, -0.15) is 0 Å². The highest BCUT2D eigenvalue weighted by Crippen LogP contribution is 2.24. The Hall–Kier alpha value is -3.65. The monoisotopic (exact) mass is 507 g/mol. The number of nitrogens with one attached hydrogen (secondary N) is 1. The Morgan fingerprint density at radius 3 is 2.54 bits per heavy atom. The van der Waals surface area contributed by atoms with Gasteiger partial charge < -0.3 is 19.4 Å². The number of ether oxygens (including phenoxy) is 1. The molecule has 0 radical (unpaired) electrons. The standard InChI is InChI=1S/C29H34FN3O4/c1-19(2)29(35)33-20(3)16-32(17-23-14-24(36-4)11-12-25(23)30)18-26(33)28(34)31-15-21-7-9-22(10-8-21)27-6-5-13-37-27/h5-14,19-20,26H,15-18H2,1-4H3,(H,31,34). The molecule has 2 atom stereocenters. The summed E-state index contributed by atoms with van der Waals surface area (Å²) < 4.78 is 25.2. The molecule has 2 amide bonds. The van der Waals surface area contributed by atoms with Crippen molar-refractivity contribution in [1.29, 1.82) is 0 Å². The van der Waals surface area contributed by atoms with Crippen molar-refractivity contribution in [1.82, 2.24) is 15.1 Å². The third-order valence-corrected chi connectivity index (χ3v) is 6.69. The summed E-state index contributed by atoms with van der Waals surface area (Å²) in [6.07, 6.45) is 1.63. The average Bonchev–Trinajstić information content (AvgIpc) is 3.43. The summed E-state index contributed by atoms with van der Waals surface area (Å²) in [6.45, 7) is 7.09. The van der Waals surface area contributed by atoms with Crippen LogP contribution in [0.3, 0.4) is 0 Å². The first-order chi connectivity index (χ1) is 17.8. The summed E-state index contributed by atoms with van der Waals surface area (Å²) in [5.74, 6) is 0.490. The van der Waals surface area contributed by atoms with Crippen LogP contribution >= 0.6 is 0 Å². The fourth-order valence-electron chi connectivity index (χ4n) is 4.76. The zero-order chi connectivity index (χ0) is 26.5. The van der Waals surface area contributed by atoms with Crippen LogP contribution in [-0.2, 0) is 22.7 Å². The van der Waals surface area contributed by atoms with E-state index in [0.29, 0.717) is 37.5 Å². The number of methoxy groups -OCH3 is 1. The average molecular weight is 508 g/mol. The number of carbonyl (C=O) groups is 2. The summed E-state index contributed by atoms with van der Waals surface area (Å²) in [7, 11) is 1.54. The number of amides is 2. The maximum Gasteiger partial charge on any atom is 0.244 e. The number of piperazine rings is 1. The van der Waals surface area contributed by atoms with Gasteiger partial charge in [0, 0.05) is 49.3 Å². The summed E-state index contributed by atoms with van der Waals surface area (Å²) in [5, 5.41) is 3.00. The van der Waals surface area contributed by atoms with E-state index in [1.807, 2.05) is 62.1 Å². The topological polar surface area (TPSA) is 75.0 Å². The second-order valence-corrected chi connectivity index (χ2v) is 9.81. The zero-order valence-corrected chi connectivity index (χ0v) is 21.7. The van der Waals surface area contributed by atoms with Crippen LogP contribution in [-0.4, -0.2) is 53.9 Å². The molecule has 196 valence electrons. The van der Waals surface area contributed by atoms with Gasteiger partial charge in [0.05, 0.1) is 13.4 Å². The third-order valence-electron chi connectivity index (χ3n) is 6.69. The third kappa shape index (κ3) is 6.20. The highest BCUT2D eigenvalue weighted by Gasteiger charge is 2.40. The molecule has 3 aromatic rings. The molecule has 2 heterocycles. The molecular weight excluding hydrogens is 473 g/mol. The summed E-state index contributed by atoms with van der Waals surface area (Å²) in [5.41, 5.74) is 2.38. The molecule has 1 aliphatic rings. The molecule has 37 heavy (non-hydrogen) atoms. The van der Waals surface area contributed by atoms with Gasteiger partial charge in [-0.05, 0) is 42.8 Å². The number of benzene rings is 2. The van der Waals surface area contributed by atoms with Crippen molar-refractivity contribution in [2.24, 2.45) is 5.92 Å². The van der Waals surface area contributed by atoms with Crippen molar-refractivity contribution in [2.45, 2.75) is 45.9 Å². The first-order valence-corrected chi connectivity index (χ1v) is 12.5. The molecule has 7 nitrogen and oxygen atoms in total. The van der Waals surface area contributed by atoms with Crippen LogP contribution in [0.15, 0.2) is 65.3 Å². The van der Waals surface area contributed by atoms with Crippen molar-refractivity contribution in [2.75, 3.05) is 20.2 Å². The molecule has 0 spiro atoms. The molecule has 1 saturated heterocycles. The van der Waals surface area contributed by atoms with Gasteiger partial charge in [0.1, 0.15) is 23.4 Å². The van der Waals surface area contributed by atoms with Crippen molar-refractivity contribution in [3.05, 3.63) is 77.8 Å². The first kappa shape index (κ1) is 26.4. The predicted molar refractivity (Wildman–Crippen MR) is 139 cm³/mol. The van der Waals surface area contributed by atoms with Gasteiger partial charge >= 0.3 is 0 Å². The van der Waals surface area contributed by atoms with Gasteiger partial charge in [0.2, 0.25) is 11.8 Å². The Morgan fingerprint density at radius 1 is 1.14 bits per heavy atom. The van der Waals surface area contributed by atoms with Crippen LogP contribution in [0.4, 0.5) is 4.39 Å². The number of halogens is 1. The lowest BCUT2D eigenvalue weighted by molar-refractivity contribution is -0.150. The predicted octanol–water partition coefficient (Wildman–Crippen LogP) is 4.47. The highest BCUT2D eigenvalue weighted by atomic mass is 19.1. The van der Waals surface area contributed by atoms with Crippen LogP contribution in [0.25, 0.3) is 11.3 Å². The van der Waals surface area contributed by atoms with Crippen molar-refractivity contribution >= 4 is 11.8 Å². The molecule has 1 fully saturated rings. The molecule has 1 aliphatic heterocycles. The van der Waals surface area contributed by atoms with Crippen molar-refractivity contribution < 1.29 is 23.1 Å². The second-order valence-electron chi connectivity index (χ2n) is 9.81. The summed E-state index contributed by atoms with van der Waals surface area (Å²) in [6, 6.07) is 15.3. The van der Waals surface area contributed by atoms with Crippen LogP contribution in [0.5, 0.6) is 5.75 Å². The van der Waals surface area contributed by atoms with E-state index in [4.69, 9.17) is 9.15 Å². The molecule has 1 N–H and O–H groups in total. The summed E-state index contributed by atoms with van der Waals surface area (Å²) >= 11 is 0. The lowest BCUT2D eigenvalue weighted by Gasteiger charge is -2.45. The smallest absolute Gasteiger partial charge is 0.244 e. The Morgan fingerprint density at radius 2 is 1.89 bits per heavy atom. The van der Waals surface area contributed by atoms with E-state index in [2.05, 4.69) is 5.32 Å². The Bertz CT molecular complexity index is 1210. The Labute approximate surface area is 217 Å². The quantitative estimate of drug-likeness (QED) is 0.487. The second kappa shape index (κ2) is 11.6. The molecular formula is C29H34FN3O4.